The molecule has 3 heterocycles. The van der Waals surface area contributed by atoms with Crippen LogP contribution in [-0.4, -0.2) is 26.4 Å². The van der Waals surface area contributed by atoms with E-state index in [1.807, 2.05) is 54.3 Å². The summed E-state index contributed by atoms with van der Waals surface area (Å²) in [4.78, 5) is 2.42. The normalized spacial score (nSPS) is 18.3. The minimum absolute atomic E-state index is 0.301. The molecule has 0 radical (unpaired) electrons. The van der Waals surface area contributed by atoms with E-state index in [1.54, 1.807) is 0 Å². The Morgan fingerprint density at radius 2 is 2.21 bits per heavy atom. The van der Waals surface area contributed by atoms with E-state index in [2.05, 4.69) is 15.2 Å². The van der Waals surface area contributed by atoms with Gasteiger partial charge in [-0.25, -0.2) is 4.68 Å². The van der Waals surface area contributed by atoms with E-state index in [0.29, 0.717) is 11.1 Å². The van der Waals surface area contributed by atoms with Gasteiger partial charge in [-0.1, -0.05) is 28.9 Å². The molecule has 1 aliphatic rings. The van der Waals surface area contributed by atoms with Crippen molar-refractivity contribution in [1.82, 2.24) is 19.8 Å². The molecule has 1 aromatic carbocycles. The third-order valence-corrected chi connectivity index (χ3v) is 4.78. The van der Waals surface area contributed by atoms with E-state index in [0.717, 1.165) is 42.2 Å². The number of aromatic nitrogens is 3. The molecule has 0 aliphatic carbocycles. The Hall–Kier alpha value is -2.11. The van der Waals surface area contributed by atoms with Crippen LogP contribution < -0.4 is 0 Å². The van der Waals surface area contributed by atoms with Gasteiger partial charge in [0.1, 0.15) is 0 Å². The topological polar surface area (TPSA) is 47.1 Å². The standard InChI is InChI=1S/C18H19ClN4O/c1-13-9-18(24-21-13)17-7-4-8-22(17)11-14-10-20-23(12-14)16-6-3-2-5-15(16)19/h2-3,5-6,9-10,12,17H,4,7-8,11H2,1H3/t17-/m1/s1. The van der Waals surface area contributed by atoms with Crippen molar-refractivity contribution < 1.29 is 4.52 Å². The van der Waals surface area contributed by atoms with Gasteiger partial charge in [-0.2, -0.15) is 5.10 Å². The summed E-state index contributed by atoms with van der Waals surface area (Å²) < 4.78 is 7.31. The SMILES string of the molecule is Cc1cc([C@H]2CCCN2Cc2cnn(-c3ccccc3Cl)c2)on1. The van der Waals surface area contributed by atoms with E-state index >= 15 is 0 Å². The molecule has 124 valence electrons. The van der Waals surface area contributed by atoms with E-state index in [4.69, 9.17) is 16.1 Å². The summed E-state index contributed by atoms with van der Waals surface area (Å²) in [6.45, 7) is 3.86. The summed E-state index contributed by atoms with van der Waals surface area (Å²) in [5.41, 5.74) is 3.00. The van der Waals surface area contributed by atoms with Crippen molar-refractivity contribution in [3.63, 3.8) is 0 Å². The maximum absolute atomic E-state index is 6.25. The van der Waals surface area contributed by atoms with Crippen LogP contribution in [0.3, 0.4) is 0 Å². The largest absolute Gasteiger partial charge is 0.359 e. The third-order valence-electron chi connectivity index (χ3n) is 4.46. The highest BCUT2D eigenvalue weighted by atomic mass is 35.5. The predicted octanol–water partition coefficient (Wildman–Crippen LogP) is 4.16. The smallest absolute Gasteiger partial charge is 0.154 e. The Labute approximate surface area is 145 Å². The Morgan fingerprint density at radius 3 is 3.00 bits per heavy atom. The lowest BCUT2D eigenvalue weighted by molar-refractivity contribution is 0.206. The zero-order valence-electron chi connectivity index (χ0n) is 13.5. The van der Waals surface area contributed by atoms with Crippen LogP contribution in [0.4, 0.5) is 0 Å². The fourth-order valence-electron chi connectivity index (χ4n) is 3.32. The van der Waals surface area contributed by atoms with Gasteiger partial charge < -0.3 is 4.52 Å². The average molecular weight is 343 g/mol. The fraction of sp³-hybridized carbons (Fsp3) is 0.333. The summed E-state index contributed by atoms with van der Waals surface area (Å²) in [7, 11) is 0. The number of likely N-dealkylation sites (tertiary alicyclic amines) is 1. The van der Waals surface area contributed by atoms with Gasteiger partial charge >= 0.3 is 0 Å². The van der Waals surface area contributed by atoms with Crippen molar-refractivity contribution in [2.24, 2.45) is 0 Å². The molecule has 6 heteroatoms. The van der Waals surface area contributed by atoms with Crippen LogP contribution in [0.15, 0.2) is 47.2 Å². The first kappa shape index (κ1) is 15.4. The summed E-state index contributed by atoms with van der Waals surface area (Å²) in [5, 5.41) is 9.18. The van der Waals surface area contributed by atoms with Crippen LogP contribution in [0.1, 0.15) is 35.9 Å². The first-order chi connectivity index (χ1) is 11.7. The molecule has 1 aliphatic heterocycles. The van der Waals surface area contributed by atoms with Gasteiger partial charge in [0.05, 0.1) is 28.6 Å². The van der Waals surface area contributed by atoms with Crippen molar-refractivity contribution in [3.05, 3.63) is 64.8 Å². The highest BCUT2D eigenvalue weighted by Gasteiger charge is 2.29. The van der Waals surface area contributed by atoms with Crippen LogP contribution >= 0.6 is 11.6 Å². The number of nitrogens with zero attached hydrogens (tertiary/aromatic N) is 4. The van der Waals surface area contributed by atoms with Crippen LogP contribution in [-0.2, 0) is 6.54 Å². The number of hydrogen-bond acceptors (Lipinski definition) is 4. The molecular formula is C18H19ClN4O. The summed E-state index contributed by atoms with van der Waals surface area (Å²) >= 11 is 6.25. The number of rotatable bonds is 4. The molecule has 24 heavy (non-hydrogen) atoms. The molecule has 5 nitrogen and oxygen atoms in total. The van der Waals surface area contributed by atoms with Crippen LogP contribution in [0, 0.1) is 6.92 Å². The molecule has 2 aromatic heterocycles. The fourth-order valence-corrected chi connectivity index (χ4v) is 3.55. The molecule has 0 bridgehead atoms. The van der Waals surface area contributed by atoms with Gasteiger partial charge in [-0.3, -0.25) is 4.90 Å². The number of hydrogen-bond donors (Lipinski definition) is 0. The monoisotopic (exact) mass is 342 g/mol. The Balaban J connectivity index is 1.52. The maximum atomic E-state index is 6.25. The van der Waals surface area contributed by atoms with E-state index in [9.17, 15) is 0 Å². The second-order valence-corrected chi connectivity index (χ2v) is 6.65. The molecule has 0 saturated carbocycles. The van der Waals surface area contributed by atoms with Gasteiger partial charge in [-0.15, -0.1) is 0 Å². The molecule has 1 atom stereocenters. The second kappa shape index (κ2) is 6.42. The van der Waals surface area contributed by atoms with Crippen LogP contribution in [0.5, 0.6) is 0 Å². The van der Waals surface area contributed by atoms with E-state index in [1.165, 1.54) is 6.42 Å². The summed E-state index contributed by atoms with van der Waals surface area (Å²) in [6.07, 6.45) is 6.23. The Morgan fingerprint density at radius 1 is 1.33 bits per heavy atom. The van der Waals surface area contributed by atoms with Gasteiger partial charge in [0.2, 0.25) is 0 Å². The lowest BCUT2D eigenvalue weighted by atomic mass is 10.1. The first-order valence-corrected chi connectivity index (χ1v) is 8.54. The molecule has 0 N–H and O–H groups in total. The quantitative estimate of drug-likeness (QED) is 0.714. The van der Waals surface area contributed by atoms with Gasteiger partial charge in [0.15, 0.2) is 5.76 Å². The van der Waals surface area contributed by atoms with Gasteiger partial charge in [-0.05, 0) is 38.4 Å². The van der Waals surface area contributed by atoms with Crippen molar-refractivity contribution >= 4 is 11.6 Å². The van der Waals surface area contributed by atoms with Crippen molar-refractivity contribution in [2.75, 3.05) is 6.54 Å². The Kier molecular flexibility index (Phi) is 4.12. The van der Waals surface area contributed by atoms with E-state index < -0.39 is 0 Å². The average Bonchev–Trinajstić information content (AvgIpc) is 3.29. The third kappa shape index (κ3) is 2.97. The zero-order valence-corrected chi connectivity index (χ0v) is 14.3. The summed E-state index contributed by atoms with van der Waals surface area (Å²) in [5.74, 6) is 0.962. The molecule has 4 rings (SSSR count). The zero-order chi connectivity index (χ0) is 16.5. The number of halogens is 1. The molecular weight excluding hydrogens is 324 g/mol. The minimum Gasteiger partial charge on any atom is -0.359 e. The van der Waals surface area contributed by atoms with Crippen LogP contribution in [0.25, 0.3) is 5.69 Å². The molecule has 3 aromatic rings. The Bertz CT molecular complexity index is 841. The molecule has 1 saturated heterocycles. The number of benzene rings is 1. The van der Waals surface area contributed by atoms with E-state index in [-0.39, 0.29) is 0 Å². The van der Waals surface area contributed by atoms with Crippen molar-refractivity contribution in [1.29, 1.82) is 0 Å². The van der Waals surface area contributed by atoms with Crippen LogP contribution in [0.2, 0.25) is 5.02 Å². The molecule has 0 spiro atoms. The lowest BCUT2D eigenvalue weighted by Crippen LogP contribution is -2.22. The highest BCUT2D eigenvalue weighted by Crippen LogP contribution is 2.33. The minimum atomic E-state index is 0.301. The predicted molar refractivity (Wildman–Crippen MR) is 92.2 cm³/mol. The lowest BCUT2D eigenvalue weighted by Gasteiger charge is -2.21. The van der Waals surface area contributed by atoms with Gasteiger partial charge in [0, 0.05) is 24.4 Å². The first-order valence-electron chi connectivity index (χ1n) is 8.16. The number of aryl methyl sites for hydroxylation is 1. The molecule has 1 fully saturated rings. The maximum Gasteiger partial charge on any atom is 0.154 e. The summed E-state index contributed by atoms with van der Waals surface area (Å²) in [6, 6.07) is 10.1. The van der Waals surface area contributed by atoms with Crippen molar-refractivity contribution in [2.45, 2.75) is 32.4 Å². The van der Waals surface area contributed by atoms with Crippen molar-refractivity contribution in [3.8, 4) is 5.69 Å². The molecule has 0 unspecified atom stereocenters. The van der Waals surface area contributed by atoms with Gasteiger partial charge in [0.25, 0.3) is 0 Å². The highest BCUT2D eigenvalue weighted by molar-refractivity contribution is 6.32. The number of para-hydroxylation sites is 1. The molecule has 0 amide bonds. The second-order valence-electron chi connectivity index (χ2n) is 6.24.